The summed E-state index contributed by atoms with van der Waals surface area (Å²) in [7, 11) is 5.19. The van der Waals surface area contributed by atoms with E-state index in [1.54, 1.807) is 0 Å². The SMILES string of the molecule is [B]CCCOCC. The minimum atomic E-state index is 0.736. The van der Waals surface area contributed by atoms with Gasteiger partial charge in [-0.2, -0.15) is 0 Å². The molecule has 0 aliphatic carbocycles. The van der Waals surface area contributed by atoms with Gasteiger partial charge in [0.25, 0.3) is 0 Å². The number of hydrogen-bond donors (Lipinski definition) is 0. The van der Waals surface area contributed by atoms with Crippen LogP contribution >= 0.6 is 0 Å². The van der Waals surface area contributed by atoms with Gasteiger partial charge in [-0.05, 0) is 13.3 Å². The Balaban J connectivity index is 2.45. The Morgan fingerprint density at radius 1 is 1.57 bits per heavy atom. The van der Waals surface area contributed by atoms with Gasteiger partial charge in [0.15, 0.2) is 0 Å². The Labute approximate surface area is 46.5 Å². The first-order valence-electron chi connectivity index (χ1n) is 2.69. The second-order valence-corrected chi connectivity index (χ2v) is 1.34. The maximum atomic E-state index is 5.19. The van der Waals surface area contributed by atoms with Crippen LogP contribution in [0.15, 0.2) is 0 Å². The minimum Gasteiger partial charge on any atom is -0.382 e. The molecule has 0 saturated heterocycles. The van der Waals surface area contributed by atoms with Crippen LogP contribution in [0.25, 0.3) is 0 Å². The predicted octanol–water partition coefficient (Wildman–Crippen LogP) is 1.000. The van der Waals surface area contributed by atoms with E-state index in [0.29, 0.717) is 0 Å². The molecule has 0 aliphatic rings. The topological polar surface area (TPSA) is 9.23 Å². The van der Waals surface area contributed by atoms with Gasteiger partial charge in [0, 0.05) is 13.2 Å². The van der Waals surface area contributed by atoms with Crippen molar-refractivity contribution in [3.63, 3.8) is 0 Å². The van der Waals surface area contributed by atoms with Crippen LogP contribution in [0.2, 0.25) is 6.32 Å². The quantitative estimate of drug-likeness (QED) is 0.376. The lowest BCUT2D eigenvalue weighted by atomic mass is 10.0. The molecule has 0 spiro atoms. The lowest BCUT2D eigenvalue weighted by Gasteiger charge is -1.94. The van der Waals surface area contributed by atoms with Gasteiger partial charge in [-0.15, -0.1) is 0 Å². The largest absolute Gasteiger partial charge is 0.382 e. The van der Waals surface area contributed by atoms with Crippen LogP contribution < -0.4 is 0 Å². The summed E-state index contributed by atoms with van der Waals surface area (Å²) >= 11 is 0. The van der Waals surface area contributed by atoms with Crippen molar-refractivity contribution in [3.05, 3.63) is 0 Å². The fraction of sp³-hybridized carbons (Fsp3) is 1.00. The highest BCUT2D eigenvalue weighted by Crippen LogP contribution is 1.83. The average Bonchev–Trinajstić information content (AvgIpc) is 1.69. The highest BCUT2D eigenvalue weighted by atomic mass is 16.5. The number of rotatable bonds is 4. The molecule has 1 nitrogen and oxygen atoms in total. The van der Waals surface area contributed by atoms with Crippen molar-refractivity contribution in [2.45, 2.75) is 19.7 Å². The molecule has 0 unspecified atom stereocenters. The van der Waals surface area contributed by atoms with Crippen LogP contribution in [0.5, 0.6) is 0 Å². The summed E-state index contributed by atoms with van der Waals surface area (Å²) in [6, 6.07) is 0. The Kier molecular flexibility index (Phi) is 6.05. The van der Waals surface area contributed by atoms with Crippen molar-refractivity contribution in [3.8, 4) is 0 Å². The van der Waals surface area contributed by atoms with Crippen LogP contribution in [-0.4, -0.2) is 21.1 Å². The van der Waals surface area contributed by atoms with Crippen molar-refractivity contribution in [2.75, 3.05) is 13.2 Å². The molecule has 0 aromatic carbocycles. The maximum Gasteiger partial charge on any atom is 0.0654 e. The zero-order valence-corrected chi connectivity index (χ0v) is 4.81. The molecule has 0 aromatic heterocycles. The molecule has 7 heavy (non-hydrogen) atoms. The van der Waals surface area contributed by atoms with Crippen molar-refractivity contribution in [1.29, 1.82) is 0 Å². The monoisotopic (exact) mass is 98.1 g/mol. The fourth-order valence-corrected chi connectivity index (χ4v) is 0.330. The first kappa shape index (κ1) is 7.02. The molecule has 0 saturated carbocycles. The molecule has 0 atom stereocenters. The average molecular weight is 98.0 g/mol. The third-order valence-electron chi connectivity index (χ3n) is 0.697. The summed E-state index contributed by atoms with van der Waals surface area (Å²) in [6.07, 6.45) is 1.72. The molecule has 0 fully saturated rings. The molecular formula is C5H11BO. The van der Waals surface area contributed by atoms with Gasteiger partial charge in [0.1, 0.15) is 0 Å². The summed E-state index contributed by atoms with van der Waals surface area (Å²) in [5.41, 5.74) is 0. The van der Waals surface area contributed by atoms with E-state index in [1.165, 1.54) is 0 Å². The molecule has 0 N–H and O–H groups in total. The highest BCUT2D eigenvalue weighted by Gasteiger charge is 1.78. The Morgan fingerprint density at radius 3 is 2.71 bits per heavy atom. The Morgan fingerprint density at radius 2 is 2.29 bits per heavy atom. The van der Waals surface area contributed by atoms with Gasteiger partial charge in [0.2, 0.25) is 0 Å². The number of ether oxygens (including phenoxy) is 1. The maximum absolute atomic E-state index is 5.19. The van der Waals surface area contributed by atoms with Gasteiger partial charge in [-0.1, -0.05) is 6.32 Å². The minimum absolute atomic E-state index is 0.736. The lowest BCUT2D eigenvalue weighted by Crippen LogP contribution is -1.91. The van der Waals surface area contributed by atoms with Crippen LogP contribution in [0.4, 0.5) is 0 Å². The Bertz CT molecular complexity index is 27.3. The van der Waals surface area contributed by atoms with E-state index in [9.17, 15) is 0 Å². The predicted molar refractivity (Wildman–Crippen MR) is 31.7 cm³/mol. The molecule has 0 rings (SSSR count). The third kappa shape index (κ3) is 6.02. The molecule has 2 heteroatoms. The molecular weight excluding hydrogens is 86.9 g/mol. The zero-order valence-electron chi connectivity index (χ0n) is 4.81. The van der Waals surface area contributed by atoms with Crippen molar-refractivity contribution < 1.29 is 4.74 Å². The molecule has 0 bridgehead atoms. The van der Waals surface area contributed by atoms with Gasteiger partial charge < -0.3 is 4.74 Å². The fourth-order valence-electron chi connectivity index (χ4n) is 0.330. The van der Waals surface area contributed by atoms with Crippen molar-refractivity contribution >= 4 is 7.85 Å². The van der Waals surface area contributed by atoms with E-state index in [-0.39, 0.29) is 0 Å². The van der Waals surface area contributed by atoms with Gasteiger partial charge in [-0.3, -0.25) is 0 Å². The van der Waals surface area contributed by atoms with Gasteiger partial charge in [0.05, 0.1) is 7.85 Å². The summed E-state index contributed by atoms with van der Waals surface area (Å²) in [4.78, 5) is 0. The smallest absolute Gasteiger partial charge is 0.0654 e. The molecule has 0 aromatic rings. The van der Waals surface area contributed by atoms with E-state index < -0.39 is 0 Å². The summed E-state index contributed by atoms with van der Waals surface area (Å²) < 4.78 is 4.99. The molecule has 40 valence electrons. The van der Waals surface area contributed by atoms with E-state index in [1.807, 2.05) is 6.92 Å². The van der Waals surface area contributed by atoms with Crippen LogP contribution in [0.1, 0.15) is 13.3 Å². The Hall–Kier alpha value is 0.0249. The third-order valence-corrected chi connectivity index (χ3v) is 0.697. The van der Waals surface area contributed by atoms with Crippen LogP contribution in [0, 0.1) is 0 Å². The van der Waals surface area contributed by atoms with Gasteiger partial charge >= 0.3 is 0 Å². The van der Waals surface area contributed by atoms with E-state index in [2.05, 4.69) is 0 Å². The van der Waals surface area contributed by atoms with Crippen LogP contribution in [-0.2, 0) is 4.74 Å². The molecule has 0 aliphatic heterocycles. The lowest BCUT2D eigenvalue weighted by molar-refractivity contribution is 0.148. The first-order chi connectivity index (χ1) is 3.41. The second-order valence-electron chi connectivity index (χ2n) is 1.34. The normalized spacial score (nSPS) is 9.29. The summed E-state index contributed by atoms with van der Waals surface area (Å²) in [6.45, 7) is 3.60. The van der Waals surface area contributed by atoms with Crippen molar-refractivity contribution in [2.24, 2.45) is 0 Å². The zero-order chi connectivity index (χ0) is 5.54. The summed E-state index contributed by atoms with van der Waals surface area (Å²) in [5, 5.41) is 0. The standard InChI is InChI=1S/C5H11BO/c1-2-7-5-3-4-6/h2-5H2,1H3. The highest BCUT2D eigenvalue weighted by molar-refractivity contribution is 6.08. The van der Waals surface area contributed by atoms with E-state index in [4.69, 9.17) is 12.6 Å². The van der Waals surface area contributed by atoms with Crippen molar-refractivity contribution in [1.82, 2.24) is 0 Å². The van der Waals surface area contributed by atoms with E-state index >= 15 is 0 Å². The number of hydrogen-bond acceptors (Lipinski definition) is 1. The first-order valence-corrected chi connectivity index (χ1v) is 2.69. The summed E-state index contributed by atoms with van der Waals surface area (Å²) in [5.74, 6) is 0. The molecule has 0 amide bonds. The van der Waals surface area contributed by atoms with Gasteiger partial charge in [-0.25, -0.2) is 0 Å². The second kappa shape index (κ2) is 6.02. The van der Waals surface area contributed by atoms with Crippen LogP contribution in [0.3, 0.4) is 0 Å². The van der Waals surface area contributed by atoms with E-state index in [0.717, 1.165) is 26.0 Å². The molecule has 0 heterocycles. The molecule has 2 radical (unpaired) electrons.